The molecule has 0 saturated carbocycles. The van der Waals surface area contributed by atoms with E-state index in [9.17, 15) is 14.0 Å². The molecule has 1 atom stereocenters. The van der Waals surface area contributed by atoms with E-state index < -0.39 is 17.8 Å². The maximum atomic E-state index is 13.8. The maximum absolute atomic E-state index is 13.8. The summed E-state index contributed by atoms with van der Waals surface area (Å²) in [5.74, 6) is -0.391. The molecule has 0 spiro atoms. The number of nitrogens with one attached hydrogen (secondary N) is 1. The van der Waals surface area contributed by atoms with Crippen LogP contribution in [-0.2, 0) is 11.3 Å². The molecule has 3 rings (SSSR count). The number of carbonyl (C=O) groups excluding carboxylic acids is 2. The molecule has 0 unspecified atom stereocenters. The highest BCUT2D eigenvalue weighted by Crippen LogP contribution is 2.24. The third-order valence-electron chi connectivity index (χ3n) is 3.66. The van der Waals surface area contributed by atoms with E-state index >= 15 is 0 Å². The number of carbonyl (C=O) groups is 2. The Hall–Kier alpha value is -1.93. The Labute approximate surface area is 147 Å². The lowest BCUT2D eigenvalue weighted by molar-refractivity contribution is -0.124. The topological polar surface area (TPSA) is 62.3 Å². The van der Waals surface area contributed by atoms with Crippen LogP contribution in [0.4, 0.5) is 4.39 Å². The van der Waals surface area contributed by atoms with Crippen LogP contribution in [0, 0.1) is 12.7 Å². The highest BCUT2D eigenvalue weighted by Gasteiger charge is 2.35. The lowest BCUT2D eigenvalue weighted by Crippen LogP contribution is -2.47. The lowest BCUT2D eigenvalue weighted by Gasteiger charge is -2.23. The van der Waals surface area contributed by atoms with Gasteiger partial charge in [0.05, 0.1) is 28.7 Å². The smallest absolute Gasteiger partial charge is 0.258 e. The van der Waals surface area contributed by atoms with Crippen molar-refractivity contribution in [1.82, 2.24) is 15.2 Å². The Morgan fingerprint density at radius 3 is 2.92 bits per heavy atom. The molecule has 2 amide bonds. The average molecular weight is 365 g/mol. The number of nitrogens with zero attached hydrogens (tertiary/aromatic N) is 2. The molecule has 126 valence electrons. The van der Waals surface area contributed by atoms with Gasteiger partial charge in [-0.1, -0.05) is 12.1 Å². The molecule has 5 nitrogen and oxygen atoms in total. The molecule has 1 aromatic carbocycles. The van der Waals surface area contributed by atoms with Gasteiger partial charge in [-0.25, -0.2) is 9.37 Å². The highest BCUT2D eigenvalue weighted by molar-refractivity contribution is 7.99. The summed E-state index contributed by atoms with van der Waals surface area (Å²) in [7, 11) is 0. The van der Waals surface area contributed by atoms with Crippen LogP contribution in [0.15, 0.2) is 29.6 Å². The Kier molecular flexibility index (Phi) is 5.15. The molecular formula is C16H16FN3O2S2. The molecule has 0 aliphatic carbocycles. The lowest BCUT2D eigenvalue weighted by atomic mass is 10.1. The summed E-state index contributed by atoms with van der Waals surface area (Å²) in [5, 5.41) is 5.64. The van der Waals surface area contributed by atoms with Gasteiger partial charge in [0.15, 0.2) is 0 Å². The van der Waals surface area contributed by atoms with Gasteiger partial charge >= 0.3 is 0 Å². The number of benzene rings is 1. The van der Waals surface area contributed by atoms with Gasteiger partial charge in [-0.15, -0.1) is 23.1 Å². The van der Waals surface area contributed by atoms with Crippen LogP contribution in [0.1, 0.15) is 21.1 Å². The zero-order valence-corrected chi connectivity index (χ0v) is 14.6. The molecule has 2 aromatic rings. The molecule has 8 heteroatoms. The largest absolute Gasteiger partial charge is 0.349 e. The van der Waals surface area contributed by atoms with Gasteiger partial charge in [-0.3, -0.25) is 9.59 Å². The second kappa shape index (κ2) is 7.31. The predicted molar refractivity (Wildman–Crippen MR) is 92.4 cm³/mol. The van der Waals surface area contributed by atoms with Gasteiger partial charge in [-0.2, -0.15) is 0 Å². The molecule has 1 aromatic heterocycles. The Bertz CT molecular complexity index is 765. The minimum atomic E-state index is -0.596. The van der Waals surface area contributed by atoms with Gasteiger partial charge in [0.2, 0.25) is 5.91 Å². The van der Waals surface area contributed by atoms with Crippen molar-refractivity contribution in [2.75, 3.05) is 11.6 Å². The standard InChI is InChI=1S/C16H16FN3O2S2/c1-10-19-11(7-24-10)6-18-15(21)14-8-23-9-20(14)16(22)12-4-2-3-5-13(12)17/h2-5,7,14H,6,8-9H2,1H3,(H,18,21)/t14-/m1/s1. The first-order valence-electron chi connectivity index (χ1n) is 7.38. The number of amides is 2. The summed E-state index contributed by atoms with van der Waals surface area (Å²) in [4.78, 5) is 30.7. The summed E-state index contributed by atoms with van der Waals surface area (Å²) >= 11 is 3.00. The minimum absolute atomic E-state index is 0.00655. The number of aromatic nitrogens is 1. The average Bonchev–Trinajstić information content (AvgIpc) is 3.21. The van der Waals surface area contributed by atoms with E-state index in [0.29, 0.717) is 18.2 Å². The van der Waals surface area contributed by atoms with Crippen LogP contribution in [0.5, 0.6) is 0 Å². The number of hydrogen-bond donors (Lipinski definition) is 1. The zero-order valence-electron chi connectivity index (χ0n) is 13.0. The first kappa shape index (κ1) is 16.9. The van der Waals surface area contributed by atoms with Crippen molar-refractivity contribution in [2.45, 2.75) is 19.5 Å². The molecular weight excluding hydrogens is 349 g/mol. The van der Waals surface area contributed by atoms with Crippen molar-refractivity contribution in [1.29, 1.82) is 0 Å². The SMILES string of the molecule is Cc1nc(CNC(=O)[C@H]2CSCN2C(=O)c2ccccc2F)cs1. The minimum Gasteiger partial charge on any atom is -0.349 e. The number of hydrogen-bond acceptors (Lipinski definition) is 5. The third kappa shape index (κ3) is 3.59. The quantitative estimate of drug-likeness (QED) is 0.904. The molecule has 1 aliphatic rings. The van der Waals surface area contributed by atoms with Crippen LogP contribution in [0.25, 0.3) is 0 Å². The maximum Gasteiger partial charge on any atom is 0.258 e. The second-order valence-corrected chi connectivity index (χ2v) is 7.41. The van der Waals surface area contributed by atoms with Crippen LogP contribution >= 0.6 is 23.1 Å². The van der Waals surface area contributed by atoms with Crippen molar-refractivity contribution in [3.63, 3.8) is 0 Å². The molecule has 1 aliphatic heterocycles. The fourth-order valence-electron chi connectivity index (χ4n) is 2.43. The van der Waals surface area contributed by atoms with Crippen molar-refractivity contribution < 1.29 is 14.0 Å². The Balaban J connectivity index is 1.67. The summed E-state index contributed by atoms with van der Waals surface area (Å²) < 4.78 is 13.8. The molecule has 0 bridgehead atoms. The summed E-state index contributed by atoms with van der Waals surface area (Å²) in [6.45, 7) is 2.23. The fourth-order valence-corrected chi connectivity index (χ4v) is 4.20. The van der Waals surface area contributed by atoms with Crippen LogP contribution in [-0.4, -0.2) is 39.4 Å². The van der Waals surface area contributed by atoms with Crippen LogP contribution in [0.2, 0.25) is 0 Å². The number of rotatable bonds is 4. The number of thiazole rings is 1. The van der Waals surface area contributed by atoms with Crippen molar-refractivity contribution >= 4 is 34.9 Å². The van der Waals surface area contributed by atoms with E-state index in [1.807, 2.05) is 12.3 Å². The number of thioether (sulfide) groups is 1. The van der Waals surface area contributed by atoms with Gasteiger partial charge in [0.1, 0.15) is 11.9 Å². The molecule has 1 N–H and O–H groups in total. The van der Waals surface area contributed by atoms with Gasteiger partial charge < -0.3 is 10.2 Å². The van der Waals surface area contributed by atoms with Gasteiger partial charge in [-0.05, 0) is 19.1 Å². The van der Waals surface area contributed by atoms with E-state index in [1.54, 1.807) is 6.07 Å². The first-order chi connectivity index (χ1) is 11.6. The number of halogens is 1. The molecule has 2 heterocycles. The van der Waals surface area contributed by atoms with Gasteiger partial charge in [0, 0.05) is 11.1 Å². The molecule has 1 fully saturated rings. The summed E-state index contributed by atoms with van der Waals surface area (Å²) in [6, 6.07) is 5.23. The summed E-state index contributed by atoms with van der Waals surface area (Å²) in [6.07, 6.45) is 0. The molecule has 1 saturated heterocycles. The normalized spacial score (nSPS) is 17.1. The van der Waals surface area contributed by atoms with E-state index in [-0.39, 0.29) is 11.5 Å². The Morgan fingerprint density at radius 2 is 2.21 bits per heavy atom. The monoisotopic (exact) mass is 365 g/mol. The zero-order chi connectivity index (χ0) is 17.1. The van der Waals surface area contributed by atoms with Crippen molar-refractivity contribution in [3.8, 4) is 0 Å². The van der Waals surface area contributed by atoms with E-state index in [2.05, 4.69) is 10.3 Å². The fraction of sp³-hybridized carbons (Fsp3) is 0.312. The Morgan fingerprint density at radius 1 is 1.42 bits per heavy atom. The third-order valence-corrected chi connectivity index (χ3v) is 5.49. The van der Waals surface area contributed by atoms with Crippen molar-refractivity contribution in [3.05, 3.63) is 51.7 Å². The van der Waals surface area contributed by atoms with Gasteiger partial charge in [0.25, 0.3) is 5.91 Å². The van der Waals surface area contributed by atoms with Crippen LogP contribution < -0.4 is 5.32 Å². The number of aryl methyl sites for hydroxylation is 1. The predicted octanol–water partition coefficient (Wildman–Crippen LogP) is 2.42. The molecule has 24 heavy (non-hydrogen) atoms. The van der Waals surface area contributed by atoms with E-state index in [1.165, 1.54) is 46.2 Å². The van der Waals surface area contributed by atoms with Crippen molar-refractivity contribution in [2.24, 2.45) is 0 Å². The highest BCUT2D eigenvalue weighted by atomic mass is 32.2. The van der Waals surface area contributed by atoms with Crippen LogP contribution in [0.3, 0.4) is 0 Å². The summed E-state index contributed by atoms with van der Waals surface area (Å²) in [5.41, 5.74) is 0.788. The van der Waals surface area contributed by atoms with E-state index in [0.717, 1.165) is 10.7 Å². The second-order valence-electron chi connectivity index (χ2n) is 5.35. The molecule has 0 radical (unpaired) electrons. The van der Waals surface area contributed by atoms with E-state index in [4.69, 9.17) is 0 Å². The first-order valence-corrected chi connectivity index (χ1v) is 9.41.